The van der Waals surface area contributed by atoms with Gasteiger partial charge in [0.15, 0.2) is 0 Å². The topological polar surface area (TPSA) is 65.9 Å². The van der Waals surface area contributed by atoms with Crippen LogP contribution < -0.4 is 10.3 Å². The minimum Gasteiger partial charge on any atom is -0.483 e. The van der Waals surface area contributed by atoms with Gasteiger partial charge < -0.3 is 9.72 Å². The number of nitriles is 1. The molecule has 0 bridgehead atoms. The van der Waals surface area contributed by atoms with Crippen LogP contribution in [0.5, 0.6) is 5.75 Å². The second-order valence-corrected chi connectivity index (χ2v) is 5.50. The van der Waals surface area contributed by atoms with Crippen LogP contribution in [0.15, 0.2) is 47.4 Å². The molecule has 1 aliphatic heterocycles. The molecular formula is C17H14N2O2. The highest BCUT2D eigenvalue weighted by Gasteiger charge is 2.28. The number of benzene rings is 1. The summed E-state index contributed by atoms with van der Waals surface area (Å²) in [4.78, 5) is 14.8. The Morgan fingerprint density at radius 3 is 2.76 bits per heavy atom. The first kappa shape index (κ1) is 13.2. The number of rotatable bonds is 1. The number of ether oxygens (including phenoxy) is 1. The molecule has 1 N–H and O–H groups in total. The summed E-state index contributed by atoms with van der Waals surface area (Å²) in [6, 6.07) is 10.9. The molecule has 21 heavy (non-hydrogen) atoms. The fourth-order valence-electron chi connectivity index (χ4n) is 2.49. The lowest BCUT2D eigenvalue weighted by molar-refractivity contribution is 0.158. The number of hydrogen-bond donors (Lipinski definition) is 1. The summed E-state index contributed by atoms with van der Waals surface area (Å²) in [7, 11) is 0. The SMILES string of the molecule is CC1(C)C=C(c2ccc[nH]c2=O)c2cc(C#N)ccc2O1. The third-order valence-electron chi connectivity index (χ3n) is 3.37. The van der Waals surface area contributed by atoms with Crippen LogP contribution in [-0.4, -0.2) is 10.6 Å². The highest BCUT2D eigenvalue weighted by atomic mass is 16.5. The van der Waals surface area contributed by atoms with Gasteiger partial charge in [-0.25, -0.2) is 0 Å². The molecular weight excluding hydrogens is 264 g/mol. The Morgan fingerprint density at radius 1 is 1.24 bits per heavy atom. The predicted octanol–water partition coefficient (Wildman–Crippen LogP) is 2.85. The maximum absolute atomic E-state index is 12.1. The molecule has 0 unspecified atom stereocenters. The van der Waals surface area contributed by atoms with E-state index in [1.54, 1.807) is 36.5 Å². The third-order valence-corrected chi connectivity index (χ3v) is 3.37. The van der Waals surface area contributed by atoms with E-state index in [1.165, 1.54) is 0 Å². The lowest BCUT2D eigenvalue weighted by Crippen LogP contribution is -2.30. The van der Waals surface area contributed by atoms with Crippen molar-refractivity contribution in [1.82, 2.24) is 4.98 Å². The van der Waals surface area contributed by atoms with Gasteiger partial charge in [0.25, 0.3) is 5.56 Å². The molecule has 0 fully saturated rings. The van der Waals surface area contributed by atoms with Crippen LogP contribution in [0.2, 0.25) is 0 Å². The summed E-state index contributed by atoms with van der Waals surface area (Å²) in [5.74, 6) is 0.680. The summed E-state index contributed by atoms with van der Waals surface area (Å²) in [6.45, 7) is 3.87. The maximum atomic E-state index is 12.1. The van der Waals surface area contributed by atoms with Crippen LogP contribution in [0.4, 0.5) is 0 Å². The Hall–Kier alpha value is -2.80. The zero-order valence-corrected chi connectivity index (χ0v) is 11.8. The average molecular weight is 278 g/mol. The van der Waals surface area contributed by atoms with Crippen molar-refractivity contribution in [1.29, 1.82) is 5.26 Å². The molecule has 0 radical (unpaired) electrons. The fraction of sp³-hybridized carbons (Fsp3) is 0.176. The Kier molecular flexibility index (Phi) is 2.91. The summed E-state index contributed by atoms with van der Waals surface area (Å²) >= 11 is 0. The van der Waals surface area contributed by atoms with Gasteiger partial charge in [-0.1, -0.05) is 0 Å². The molecule has 1 aromatic heterocycles. The Labute approximate surface area is 122 Å². The number of hydrogen-bond acceptors (Lipinski definition) is 3. The number of H-pyrrole nitrogens is 1. The average Bonchev–Trinajstić information content (AvgIpc) is 2.46. The highest BCUT2D eigenvalue weighted by Crippen LogP contribution is 2.38. The fourth-order valence-corrected chi connectivity index (χ4v) is 2.49. The Bertz CT molecular complexity index is 838. The molecule has 1 aliphatic rings. The largest absolute Gasteiger partial charge is 0.483 e. The molecule has 0 saturated carbocycles. The van der Waals surface area contributed by atoms with Crippen LogP contribution in [0.3, 0.4) is 0 Å². The van der Waals surface area contributed by atoms with Crippen molar-refractivity contribution >= 4 is 5.57 Å². The maximum Gasteiger partial charge on any atom is 0.255 e. The number of aromatic amines is 1. The van der Waals surface area contributed by atoms with E-state index < -0.39 is 5.60 Å². The lowest BCUT2D eigenvalue weighted by Gasteiger charge is -2.31. The van der Waals surface area contributed by atoms with Crippen LogP contribution in [0.1, 0.15) is 30.5 Å². The highest BCUT2D eigenvalue weighted by molar-refractivity contribution is 5.84. The first-order chi connectivity index (χ1) is 10.00. The van der Waals surface area contributed by atoms with Crippen molar-refractivity contribution in [3.05, 3.63) is 69.6 Å². The van der Waals surface area contributed by atoms with E-state index in [-0.39, 0.29) is 5.56 Å². The molecule has 0 saturated heterocycles. The zero-order chi connectivity index (χ0) is 15.0. The quantitative estimate of drug-likeness (QED) is 0.872. The van der Waals surface area contributed by atoms with E-state index >= 15 is 0 Å². The summed E-state index contributed by atoms with van der Waals surface area (Å²) in [5.41, 5.74) is 2.00. The monoisotopic (exact) mass is 278 g/mol. The van der Waals surface area contributed by atoms with E-state index in [1.807, 2.05) is 19.9 Å². The molecule has 4 heteroatoms. The van der Waals surface area contributed by atoms with E-state index in [0.717, 1.165) is 11.1 Å². The molecule has 104 valence electrons. The first-order valence-electron chi connectivity index (χ1n) is 6.65. The zero-order valence-electron chi connectivity index (χ0n) is 11.8. The molecule has 3 rings (SSSR count). The van der Waals surface area contributed by atoms with Crippen molar-refractivity contribution in [2.45, 2.75) is 19.4 Å². The molecule has 0 amide bonds. The summed E-state index contributed by atoms with van der Waals surface area (Å²) in [5, 5.41) is 9.08. The van der Waals surface area contributed by atoms with Gasteiger partial charge in [-0.15, -0.1) is 0 Å². The minimum absolute atomic E-state index is 0.158. The number of nitrogens with one attached hydrogen (secondary N) is 1. The number of fused-ring (bicyclic) bond motifs is 1. The first-order valence-corrected chi connectivity index (χ1v) is 6.65. The van der Waals surface area contributed by atoms with Crippen LogP contribution >= 0.6 is 0 Å². The third kappa shape index (κ3) is 2.34. The number of pyridine rings is 1. The van der Waals surface area contributed by atoms with E-state index in [4.69, 9.17) is 10.00 Å². The van der Waals surface area contributed by atoms with E-state index in [9.17, 15) is 4.79 Å². The summed E-state index contributed by atoms with van der Waals surface area (Å²) in [6.07, 6.45) is 3.52. The van der Waals surface area contributed by atoms with Gasteiger partial charge in [-0.2, -0.15) is 5.26 Å². The van der Waals surface area contributed by atoms with E-state index in [2.05, 4.69) is 11.1 Å². The summed E-state index contributed by atoms with van der Waals surface area (Å²) < 4.78 is 5.91. The van der Waals surface area contributed by atoms with Gasteiger partial charge in [0.1, 0.15) is 11.4 Å². The van der Waals surface area contributed by atoms with Gasteiger partial charge >= 0.3 is 0 Å². The Morgan fingerprint density at radius 2 is 2.05 bits per heavy atom. The van der Waals surface area contributed by atoms with Crippen LogP contribution in [-0.2, 0) is 0 Å². The van der Waals surface area contributed by atoms with Gasteiger partial charge in [0, 0.05) is 17.3 Å². The van der Waals surface area contributed by atoms with Gasteiger partial charge in [-0.3, -0.25) is 4.79 Å². The van der Waals surface area contributed by atoms with Crippen molar-refractivity contribution in [2.24, 2.45) is 0 Å². The predicted molar refractivity (Wildman–Crippen MR) is 80.0 cm³/mol. The van der Waals surface area contributed by atoms with Crippen molar-refractivity contribution < 1.29 is 4.74 Å². The second kappa shape index (κ2) is 4.64. The minimum atomic E-state index is -0.515. The molecule has 2 aromatic rings. The van der Waals surface area contributed by atoms with Gasteiger partial charge in [-0.05, 0) is 55.8 Å². The van der Waals surface area contributed by atoms with Crippen molar-refractivity contribution in [2.75, 3.05) is 0 Å². The number of nitrogens with zero attached hydrogens (tertiary/aromatic N) is 1. The van der Waals surface area contributed by atoms with Crippen molar-refractivity contribution in [3.63, 3.8) is 0 Å². The van der Waals surface area contributed by atoms with Crippen molar-refractivity contribution in [3.8, 4) is 11.8 Å². The molecule has 2 heterocycles. The standard InChI is InChI=1S/C17H14N2O2/c1-17(2)9-14(12-4-3-7-19-16(12)20)13-8-11(10-18)5-6-15(13)21-17/h3-9H,1-2H3,(H,19,20). The molecule has 0 atom stereocenters. The molecule has 0 aliphatic carbocycles. The van der Waals surface area contributed by atoms with Crippen LogP contribution in [0, 0.1) is 11.3 Å². The van der Waals surface area contributed by atoms with E-state index in [0.29, 0.717) is 16.9 Å². The molecule has 1 aromatic carbocycles. The lowest BCUT2D eigenvalue weighted by atomic mass is 9.90. The van der Waals surface area contributed by atoms with Gasteiger partial charge in [0.05, 0.1) is 11.6 Å². The smallest absolute Gasteiger partial charge is 0.255 e. The van der Waals surface area contributed by atoms with Gasteiger partial charge in [0.2, 0.25) is 0 Å². The van der Waals surface area contributed by atoms with Crippen LogP contribution in [0.25, 0.3) is 5.57 Å². The number of aromatic nitrogens is 1. The molecule has 0 spiro atoms. The Balaban J connectivity index is 2.29. The molecule has 4 nitrogen and oxygen atoms in total. The second-order valence-electron chi connectivity index (χ2n) is 5.50. The normalized spacial score (nSPS) is 15.4.